The SMILES string of the molecule is COc1ccc(C(=O)N2CCC[C@@H](N)C2)c(F)c1.Cl. The fourth-order valence-electron chi connectivity index (χ4n) is 2.16. The second-order valence-corrected chi connectivity index (χ2v) is 4.50. The first-order valence-corrected chi connectivity index (χ1v) is 6.00. The molecule has 0 aromatic heterocycles. The van der Waals surface area contributed by atoms with Gasteiger partial charge in [-0.2, -0.15) is 0 Å². The Balaban J connectivity index is 0.00000180. The molecule has 4 nitrogen and oxygen atoms in total. The number of amides is 1. The van der Waals surface area contributed by atoms with Gasteiger partial charge < -0.3 is 15.4 Å². The van der Waals surface area contributed by atoms with E-state index in [9.17, 15) is 9.18 Å². The molecule has 0 spiro atoms. The lowest BCUT2D eigenvalue weighted by molar-refractivity contribution is 0.0704. The number of halogens is 2. The van der Waals surface area contributed by atoms with Crippen molar-refractivity contribution in [1.29, 1.82) is 0 Å². The van der Waals surface area contributed by atoms with E-state index in [1.165, 1.54) is 19.2 Å². The van der Waals surface area contributed by atoms with Crippen molar-refractivity contribution in [2.45, 2.75) is 18.9 Å². The summed E-state index contributed by atoms with van der Waals surface area (Å²) >= 11 is 0. The number of methoxy groups -OCH3 is 1. The summed E-state index contributed by atoms with van der Waals surface area (Å²) in [4.78, 5) is 13.8. The first-order valence-electron chi connectivity index (χ1n) is 6.00. The molecule has 19 heavy (non-hydrogen) atoms. The van der Waals surface area contributed by atoms with E-state index < -0.39 is 5.82 Å². The summed E-state index contributed by atoms with van der Waals surface area (Å²) in [5.41, 5.74) is 5.89. The maximum Gasteiger partial charge on any atom is 0.256 e. The van der Waals surface area contributed by atoms with E-state index >= 15 is 0 Å². The highest BCUT2D eigenvalue weighted by Gasteiger charge is 2.24. The van der Waals surface area contributed by atoms with Crippen molar-refractivity contribution in [1.82, 2.24) is 4.90 Å². The molecule has 0 bridgehead atoms. The van der Waals surface area contributed by atoms with Gasteiger partial charge in [0, 0.05) is 25.2 Å². The number of hydrogen-bond acceptors (Lipinski definition) is 3. The molecule has 0 aliphatic carbocycles. The third kappa shape index (κ3) is 3.58. The number of nitrogens with zero attached hydrogens (tertiary/aromatic N) is 1. The molecule has 1 atom stereocenters. The van der Waals surface area contributed by atoms with Gasteiger partial charge in [0.25, 0.3) is 5.91 Å². The average Bonchev–Trinajstić information content (AvgIpc) is 2.37. The van der Waals surface area contributed by atoms with E-state index in [0.29, 0.717) is 18.8 Å². The first-order chi connectivity index (χ1) is 8.61. The number of likely N-dealkylation sites (tertiary alicyclic amines) is 1. The number of piperidine rings is 1. The molecule has 1 amide bonds. The van der Waals surface area contributed by atoms with E-state index in [4.69, 9.17) is 10.5 Å². The quantitative estimate of drug-likeness (QED) is 0.903. The van der Waals surface area contributed by atoms with E-state index in [1.807, 2.05) is 0 Å². The predicted molar refractivity (Wildman–Crippen MR) is 73.3 cm³/mol. The van der Waals surface area contributed by atoms with Gasteiger partial charge in [0.1, 0.15) is 11.6 Å². The van der Waals surface area contributed by atoms with E-state index in [0.717, 1.165) is 12.8 Å². The van der Waals surface area contributed by atoms with E-state index in [1.54, 1.807) is 11.0 Å². The van der Waals surface area contributed by atoms with Crippen LogP contribution < -0.4 is 10.5 Å². The number of carbonyl (C=O) groups excluding carboxylic acids is 1. The lowest BCUT2D eigenvalue weighted by atomic mass is 10.1. The molecule has 0 saturated carbocycles. The predicted octanol–water partition coefficient (Wildman–Crippen LogP) is 1.82. The van der Waals surface area contributed by atoms with Crippen LogP contribution in [0.5, 0.6) is 5.75 Å². The molecule has 6 heteroatoms. The van der Waals surface area contributed by atoms with Gasteiger partial charge in [-0.15, -0.1) is 12.4 Å². The number of nitrogens with two attached hydrogens (primary N) is 1. The Bertz CT molecular complexity index is 456. The summed E-state index contributed by atoms with van der Waals surface area (Å²) in [6, 6.07) is 4.25. The Labute approximate surface area is 118 Å². The minimum atomic E-state index is -0.557. The Morgan fingerprint density at radius 1 is 1.53 bits per heavy atom. The second-order valence-electron chi connectivity index (χ2n) is 4.50. The molecule has 1 aromatic rings. The molecule has 1 aromatic carbocycles. The molecule has 0 unspecified atom stereocenters. The molecule has 1 saturated heterocycles. The highest BCUT2D eigenvalue weighted by molar-refractivity contribution is 5.94. The van der Waals surface area contributed by atoms with Gasteiger partial charge in [-0.3, -0.25) is 4.79 Å². The lowest BCUT2D eigenvalue weighted by Gasteiger charge is -2.30. The molecule has 1 aliphatic rings. The van der Waals surface area contributed by atoms with Crippen LogP contribution in [0.4, 0.5) is 4.39 Å². The largest absolute Gasteiger partial charge is 0.497 e. The zero-order valence-electron chi connectivity index (χ0n) is 10.8. The Morgan fingerprint density at radius 3 is 2.84 bits per heavy atom. The third-order valence-corrected chi connectivity index (χ3v) is 3.15. The van der Waals surface area contributed by atoms with E-state index in [2.05, 4.69) is 0 Å². The summed E-state index contributed by atoms with van der Waals surface area (Å²) < 4.78 is 18.7. The lowest BCUT2D eigenvalue weighted by Crippen LogP contribution is -2.45. The molecule has 2 rings (SSSR count). The van der Waals surface area contributed by atoms with Crippen molar-refractivity contribution in [3.8, 4) is 5.75 Å². The van der Waals surface area contributed by atoms with Gasteiger partial charge in [0.2, 0.25) is 0 Å². The van der Waals surface area contributed by atoms with Crippen LogP contribution in [-0.2, 0) is 0 Å². The minimum absolute atomic E-state index is 0. The van der Waals surface area contributed by atoms with Crippen LogP contribution in [0, 0.1) is 5.82 Å². The first kappa shape index (κ1) is 15.7. The maximum atomic E-state index is 13.8. The third-order valence-electron chi connectivity index (χ3n) is 3.15. The Kier molecular flexibility index (Phi) is 5.57. The summed E-state index contributed by atoms with van der Waals surface area (Å²) in [6.45, 7) is 1.13. The molecule has 1 aliphatic heterocycles. The number of benzene rings is 1. The van der Waals surface area contributed by atoms with Gasteiger partial charge in [-0.1, -0.05) is 0 Å². The van der Waals surface area contributed by atoms with Crippen molar-refractivity contribution in [2.75, 3.05) is 20.2 Å². The summed E-state index contributed by atoms with van der Waals surface area (Å²) in [6.07, 6.45) is 1.78. The van der Waals surface area contributed by atoms with Crippen LogP contribution in [-0.4, -0.2) is 37.0 Å². The Hall–Kier alpha value is -1.33. The summed E-state index contributed by atoms with van der Waals surface area (Å²) in [5, 5.41) is 0. The van der Waals surface area contributed by atoms with Crippen LogP contribution in [0.25, 0.3) is 0 Å². The van der Waals surface area contributed by atoms with Gasteiger partial charge in [-0.05, 0) is 25.0 Å². The molecule has 106 valence electrons. The van der Waals surface area contributed by atoms with Crippen LogP contribution in [0.2, 0.25) is 0 Å². The van der Waals surface area contributed by atoms with E-state index in [-0.39, 0.29) is 29.9 Å². The topological polar surface area (TPSA) is 55.6 Å². The highest BCUT2D eigenvalue weighted by atomic mass is 35.5. The zero-order valence-corrected chi connectivity index (χ0v) is 11.6. The van der Waals surface area contributed by atoms with Gasteiger partial charge in [-0.25, -0.2) is 4.39 Å². The zero-order chi connectivity index (χ0) is 13.1. The second kappa shape index (κ2) is 6.73. The molecule has 1 fully saturated rings. The standard InChI is InChI=1S/C13H17FN2O2.ClH/c1-18-10-4-5-11(12(14)7-10)13(17)16-6-2-3-9(15)8-16;/h4-5,7,9H,2-3,6,8,15H2,1H3;1H/t9-;/m1./s1. The van der Waals surface area contributed by atoms with Gasteiger partial charge in [0.05, 0.1) is 12.7 Å². The number of rotatable bonds is 2. The van der Waals surface area contributed by atoms with Crippen molar-refractivity contribution in [3.05, 3.63) is 29.6 Å². The van der Waals surface area contributed by atoms with Crippen LogP contribution in [0.15, 0.2) is 18.2 Å². The van der Waals surface area contributed by atoms with Crippen LogP contribution in [0.3, 0.4) is 0 Å². The molecular weight excluding hydrogens is 271 g/mol. The average molecular weight is 289 g/mol. The Morgan fingerprint density at radius 2 is 2.26 bits per heavy atom. The maximum absolute atomic E-state index is 13.8. The van der Waals surface area contributed by atoms with Crippen molar-refractivity contribution in [3.63, 3.8) is 0 Å². The highest BCUT2D eigenvalue weighted by Crippen LogP contribution is 2.19. The molecule has 2 N–H and O–H groups in total. The normalized spacial score (nSPS) is 18.7. The molecular formula is C13H18ClFN2O2. The van der Waals surface area contributed by atoms with Crippen LogP contribution >= 0.6 is 12.4 Å². The monoisotopic (exact) mass is 288 g/mol. The number of ether oxygens (including phenoxy) is 1. The summed E-state index contributed by atoms with van der Waals surface area (Å²) in [7, 11) is 1.46. The van der Waals surface area contributed by atoms with Crippen molar-refractivity contribution >= 4 is 18.3 Å². The number of carbonyl (C=O) groups is 1. The summed E-state index contributed by atoms with van der Waals surface area (Å²) in [5.74, 6) is -0.455. The van der Waals surface area contributed by atoms with Crippen molar-refractivity contribution < 1.29 is 13.9 Å². The number of hydrogen-bond donors (Lipinski definition) is 1. The smallest absolute Gasteiger partial charge is 0.256 e. The fourth-order valence-corrected chi connectivity index (χ4v) is 2.16. The van der Waals surface area contributed by atoms with Crippen LogP contribution in [0.1, 0.15) is 23.2 Å². The van der Waals surface area contributed by atoms with Crippen molar-refractivity contribution in [2.24, 2.45) is 5.73 Å². The van der Waals surface area contributed by atoms with Gasteiger partial charge >= 0.3 is 0 Å². The molecule has 0 radical (unpaired) electrons. The van der Waals surface area contributed by atoms with Gasteiger partial charge in [0.15, 0.2) is 0 Å². The molecule has 1 heterocycles. The fraction of sp³-hybridized carbons (Fsp3) is 0.462. The minimum Gasteiger partial charge on any atom is -0.497 e.